The number of sulfonamides is 1. The Hall–Kier alpha value is -0.430. The van der Waals surface area contributed by atoms with Crippen LogP contribution >= 0.6 is 15.9 Å². The molecule has 0 unspecified atom stereocenters. The average molecular weight is 375 g/mol. The lowest BCUT2D eigenvalue weighted by Crippen LogP contribution is -2.25. The Morgan fingerprint density at radius 1 is 1.29 bits per heavy atom. The molecule has 1 aromatic rings. The minimum absolute atomic E-state index is 0.278. The van der Waals surface area contributed by atoms with Crippen molar-refractivity contribution in [3.63, 3.8) is 0 Å². The van der Waals surface area contributed by atoms with Gasteiger partial charge in [-0.25, -0.2) is 13.1 Å². The quantitative estimate of drug-likeness (QED) is 0.719. The normalized spacial score (nSPS) is 16.5. The molecule has 0 saturated heterocycles. The molecule has 0 heterocycles. The molecule has 1 saturated carbocycles. The second-order valence-corrected chi connectivity index (χ2v) is 8.25. The van der Waals surface area contributed by atoms with Gasteiger partial charge >= 0.3 is 0 Å². The second-order valence-electron chi connectivity index (χ2n) is 5.66. The number of hydrogen-bond acceptors (Lipinski definition) is 3. The molecule has 0 amide bonds. The zero-order valence-electron chi connectivity index (χ0n) is 12.1. The van der Waals surface area contributed by atoms with Gasteiger partial charge in [0, 0.05) is 17.6 Å². The van der Waals surface area contributed by atoms with E-state index in [1.807, 2.05) is 0 Å². The first-order chi connectivity index (χ1) is 10.0. The van der Waals surface area contributed by atoms with Crippen molar-refractivity contribution in [1.82, 2.24) is 4.72 Å². The van der Waals surface area contributed by atoms with Crippen LogP contribution < -0.4 is 10.5 Å². The molecule has 6 heteroatoms. The highest BCUT2D eigenvalue weighted by molar-refractivity contribution is 9.10. The van der Waals surface area contributed by atoms with Crippen LogP contribution in [0.2, 0.25) is 0 Å². The van der Waals surface area contributed by atoms with E-state index in [9.17, 15) is 8.42 Å². The maximum atomic E-state index is 12.3. The third-order valence-electron chi connectivity index (χ3n) is 4.08. The largest absolute Gasteiger partial charge is 0.326 e. The van der Waals surface area contributed by atoms with Crippen LogP contribution in [0.25, 0.3) is 0 Å². The number of halogens is 1. The molecule has 2 rings (SSSR count). The van der Waals surface area contributed by atoms with Crippen molar-refractivity contribution >= 4 is 26.0 Å². The van der Waals surface area contributed by atoms with E-state index in [1.54, 1.807) is 18.2 Å². The summed E-state index contributed by atoms with van der Waals surface area (Å²) in [5, 5.41) is 0. The molecular formula is C15H23BrN2O2S. The Balaban J connectivity index is 1.88. The van der Waals surface area contributed by atoms with E-state index < -0.39 is 10.0 Å². The van der Waals surface area contributed by atoms with Crippen molar-refractivity contribution in [2.45, 2.75) is 50.0 Å². The highest BCUT2D eigenvalue weighted by Crippen LogP contribution is 2.28. The fraction of sp³-hybridized carbons (Fsp3) is 0.600. The zero-order chi connectivity index (χ0) is 15.3. The molecule has 0 spiro atoms. The minimum atomic E-state index is -3.45. The molecule has 0 aromatic heterocycles. The third kappa shape index (κ3) is 4.77. The van der Waals surface area contributed by atoms with Gasteiger partial charge in [0.05, 0.1) is 4.90 Å². The number of hydrogen-bond donors (Lipinski definition) is 2. The van der Waals surface area contributed by atoms with Crippen LogP contribution in [0, 0.1) is 5.92 Å². The van der Waals surface area contributed by atoms with Gasteiger partial charge in [-0.2, -0.15) is 0 Å². The summed E-state index contributed by atoms with van der Waals surface area (Å²) in [7, 11) is -3.45. The van der Waals surface area contributed by atoms with Gasteiger partial charge in [0.15, 0.2) is 0 Å². The number of benzene rings is 1. The topological polar surface area (TPSA) is 72.2 Å². The summed E-state index contributed by atoms with van der Waals surface area (Å²) < 4.78 is 27.8. The molecule has 1 aliphatic rings. The van der Waals surface area contributed by atoms with Gasteiger partial charge in [-0.15, -0.1) is 0 Å². The van der Waals surface area contributed by atoms with Crippen molar-refractivity contribution in [2.75, 3.05) is 6.54 Å². The Labute approximate surface area is 135 Å². The summed E-state index contributed by atoms with van der Waals surface area (Å²) in [5.74, 6) is 0.796. The molecule has 0 radical (unpaired) electrons. The van der Waals surface area contributed by atoms with Gasteiger partial charge in [0.1, 0.15) is 0 Å². The highest BCUT2D eigenvalue weighted by atomic mass is 79.9. The van der Waals surface area contributed by atoms with Gasteiger partial charge in [-0.1, -0.05) is 31.7 Å². The maximum absolute atomic E-state index is 12.3. The molecule has 3 N–H and O–H groups in total. The third-order valence-corrected chi connectivity index (χ3v) is 6.52. The summed E-state index contributed by atoms with van der Waals surface area (Å²) in [5.41, 5.74) is 6.45. The summed E-state index contributed by atoms with van der Waals surface area (Å²) >= 11 is 3.31. The molecule has 4 nitrogen and oxygen atoms in total. The molecule has 118 valence electrons. The Kier molecular flexibility index (Phi) is 6.22. The lowest BCUT2D eigenvalue weighted by molar-refractivity contribution is 0.480. The van der Waals surface area contributed by atoms with Crippen LogP contribution in [0.15, 0.2) is 27.6 Å². The van der Waals surface area contributed by atoms with Gasteiger partial charge in [-0.05, 0) is 52.4 Å². The number of nitrogens with one attached hydrogen (secondary N) is 1. The first kappa shape index (κ1) is 16.9. The van der Waals surface area contributed by atoms with Crippen LogP contribution in [0.1, 0.15) is 44.1 Å². The molecule has 1 aromatic carbocycles. The molecule has 0 bridgehead atoms. The van der Waals surface area contributed by atoms with Crippen LogP contribution in [0.3, 0.4) is 0 Å². The predicted molar refractivity (Wildman–Crippen MR) is 88.4 cm³/mol. The van der Waals surface area contributed by atoms with E-state index in [1.165, 1.54) is 25.7 Å². The summed E-state index contributed by atoms with van der Waals surface area (Å²) in [6, 6.07) is 5.11. The molecular weight excluding hydrogens is 352 g/mol. The lowest BCUT2D eigenvalue weighted by Gasteiger charge is -2.11. The first-order valence-electron chi connectivity index (χ1n) is 7.51. The highest BCUT2D eigenvalue weighted by Gasteiger charge is 2.18. The molecule has 0 atom stereocenters. The monoisotopic (exact) mass is 374 g/mol. The second kappa shape index (κ2) is 7.72. The standard InChI is InChI=1S/C15H23BrN2O2S/c16-14-10-13(11-17)7-8-15(14)21(19,20)18-9-3-6-12-4-1-2-5-12/h7-8,10,12,18H,1-6,9,11,17H2. The van der Waals surface area contributed by atoms with E-state index in [-0.39, 0.29) is 4.90 Å². The lowest BCUT2D eigenvalue weighted by atomic mass is 10.0. The summed E-state index contributed by atoms with van der Waals surface area (Å²) in [4.78, 5) is 0.278. The van der Waals surface area contributed by atoms with Crippen molar-refractivity contribution in [3.8, 4) is 0 Å². The van der Waals surface area contributed by atoms with Crippen LogP contribution in [0.4, 0.5) is 0 Å². The van der Waals surface area contributed by atoms with Crippen LogP contribution in [-0.4, -0.2) is 15.0 Å². The van der Waals surface area contributed by atoms with E-state index in [2.05, 4.69) is 20.7 Å². The maximum Gasteiger partial charge on any atom is 0.241 e. The molecule has 0 aliphatic heterocycles. The minimum Gasteiger partial charge on any atom is -0.326 e. The molecule has 21 heavy (non-hydrogen) atoms. The van der Waals surface area contributed by atoms with E-state index in [0.29, 0.717) is 17.6 Å². The van der Waals surface area contributed by atoms with Crippen molar-refractivity contribution in [3.05, 3.63) is 28.2 Å². The van der Waals surface area contributed by atoms with Gasteiger partial charge < -0.3 is 5.73 Å². The molecule has 1 fully saturated rings. The molecule has 1 aliphatic carbocycles. The SMILES string of the molecule is NCc1ccc(S(=O)(=O)NCCCC2CCCC2)c(Br)c1. The predicted octanol–water partition coefficient (Wildman–Crippen LogP) is 3.16. The fourth-order valence-electron chi connectivity index (χ4n) is 2.86. The van der Waals surface area contributed by atoms with Gasteiger partial charge in [-0.3, -0.25) is 0 Å². The Morgan fingerprint density at radius 2 is 2.00 bits per heavy atom. The number of nitrogens with two attached hydrogens (primary N) is 1. The zero-order valence-corrected chi connectivity index (χ0v) is 14.5. The van der Waals surface area contributed by atoms with Gasteiger partial charge in [0.2, 0.25) is 10.0 Å². The average Bonchev–Trinajstić information content (AvgIpc) is 2.96. The van der Waals surface area contributed by atoms with E-state index in [0.717, 1.165) is 24.3 Å². The van der Waals surface area contributed by atoms with E-state index in [4.69, 9.17) is 5.73 Å². The summed E-state index contributed by atoms with van der Waals surface area (Å²) in [6.07, 6.45) is 7.30. The van der Waals surface area contributed by atoms with Crippen LogP contribution in [-0.2, 0) is 16.6 Å². The fourth-order valence-corrected chi connectivity index (χ4v) is 5.06. The summed E-state index contributed by atoms with van der Waals surface area (Å²) in [6.45, 7) is 0.900. The number of rotatable bonds is 7. The van der Waals surface area contributed by atoms with Crippen molar-refractivity contribution in [1.29, 1.82) is 0 Å². The van der Waals surface area contributed by atoms with Gasteiger partial charge in [0.25, 0.3) is 0 Å². The first-order valence-corrected chi connectivity index (χ1v) is 9.78. The Bertz CT molecular complexity index is 569. The smallest absolute Gasteiger partial charge is 0.241 e. The van der Waals surface area contributed by atoms with Crippen molar-refractivity contribution < 1.29 is 8.42 Å². The van der Waals surface area contributed by atoms with Crippen molar-refractivity contribution in [2.24, 2.45) is 11.7 Å². The van der Waals surface area contributed by atoms with E-state index >= 15 is 0 Å². The Morgan fingerprint density at radius 3 is 2.62 bits per heavy atom. The van der Waals surface area contributed by atoms with Crippen LogP contribution in [0.5, 0.6) is 0 Å².